The Labute approximate surface area is 169 Å². The molecule has 0 saturated carbocycles. The maximum Gasteiger partial charge on any atom is 0.490 e. The first-order valence-corrected chi connectivity index (χ1v) is 12.1. The van der Waals surface area contributed by atoms with Crippen LogP contribution in [0.5, 0.6) is 0 Å². The molecule has 22 heteroatoms. The predicted octanol–water partition coefficient (Wildman–Crippen LogP) is -2.13. The van der Waals surface area contributed by atoms with E-state index in [2.05, 4.69) is 23.1 Å². The highest BCUT2D eigenvalue weighted by Crippen LogP contribution is 2.66. The zero-order valence-electron chi connectivity index (χ0n) is 14.6. The van der Waals surface area contributed by atoms with Crippen LogP contribution in [0.2, 0.25) is 0 Å². The minimum absolute atomic E-state index is 0.106. The van der Waals surface area contributed by atoms with Gasteiger partial charge < -0.3 is 39.7 Å². The normalized spacial score (nSPS) is 28.5. The minimum Gasteiger partial charge on any atom is -0.425 e. The van der Waals surface area contributed by atoms with E-state index in [9.17, 15) is 34.0 Å². The van der Waals surface area contributed by atoms with Gasteiger partial charge in [0.25, 0.3) is 0 Å². The van der Waals surface area contributed by atoms with Gasteiger partial charge in [-0.3, -0.25) is 14.5 Å². The molecule has 0 bridgehead atoms. The maximum atomic E-state index is 11.9. The fourth-order valence-corrected chi connectivity index (χ4v) is 5.58. The van der Waals surface area contributed by atoms with Crippen molar-refractivity contribution in [3.05, 3.63) is 18.1 Å². The van der Waals surface area contributed by atoms with Gasteiger partial charge in [-0.25, -0.2) is 23.7 Å². The second-order valence-electron chi connectivity index (χ2n) is 5.83. The Kier molecular flexibility index (Phi) is 6.29. The molecule has 1 aliphatic rings. The van der Waals surface area contributed by atoms with E-state index in [1.54, 1.807) is 0 Å². The van der Waals surface area contributed by atoms with Gasteiger partial charge in [0.15, 0.2) is 29.2 Å². The number of aliphatic hydroxyl groups is 2. The number of ether oxygens (including phenoxy) is 1. The first-order chi connectivity index (χ1) is 14.1. The van der Waals surface area contributed by atoms with Crippen LogP contribution < -0.4 is 5.49 Å². The van der Waals surface area contributed by atoms with E-state index >= 15 is 0 Å². The molecule has 3 rings (SSSR count). The van der Waals surface area contributed by atoms with Gasteiger partial charge in [0.05, 0.1) is 6.33 Å². The summed E-state index contributed by atoms with van der Waals surface area (Å²) in [6, 6.07) is 0. The van der Waals surface area contributed by atoms with Crippen LogP contribution >= 0.6 is 23.5 Å². The Morgan fingerprint density at radius 3 is 2.26 bits per heavy atom. The van der Waals surface area contributed by atoms with Crippen molar-refractivity contribution in [2.45, 2.75) is 24.7 Å². The molecule has 0 radical (unpaired) electrons. The van der Waals surface area contributed by atoms with Gasteiger partial charge in [0, 0.05) is 0 Å². The third-order valence-electron chi connectivity index (χ3n) is 3.63. The Morgan fingerprint density at radius 2 is 1.65 bits per heavy atom. The molecule has 1 saturated heterocycles. The highest BCUT2D eigenvalue weighted by Gasteiger charge is 2.50. The van der Waals surface area contributed by atoms with Gasteiger partial charge in [-0.15, -0.1) is 0 Å². The Morgan fingerprint density at radius 1 is 1.00 bits per heavy atom. The molecular formula is C9H14N5O14P3. The summed E-state index contributed by atoms with van der Waals surface area (Å²) in [6.45, 7) is 0. The predicted molar refractivity (Wildman–Crippen MR) is 89.4 cm³/mol. The number of phosphoric ester groups is 1. The number of aromatic nitrogens is 4. The van der Waals surface area contributed by atoms with Crippen molar-refractivity contribution in [2.75, 3.05) is 0 Å². The summed E-state index contributed by atoms with van der Waals surface area (Å²) in [5.41, 5.74) is -0.737. The lowest BCUT2D eigenvalue weighted by molar-refractivity contribution is -0.133. The average Bonchev–Trinajstić information content (AvgIpc) is 3.11. The Hall–Kier alpha value is -1.56. The molecule has 0 amide bonds. The van der Waals surface area contributed by atoms with Crippen LogP contribution in [0.25, 0.3) is 11.2 Å². The van der Waals surface area contributed by atoms with Crippen molar-refractivity contribution in [1.29, 1.82) is 5.41 Å². The number of nitrogens with one attached hydrogen (secondary N) is 1. The van der Waals surface area contributed by atoms with Crippen LogP contribution in [-0.2, 0) is 31.6 Å². The average molecular weight is 509 g/mol. The van der Waals surface area contributed by atoms with Gasteiger partial charge >= 0.3 is 23.5 Å². The van der Waals surface area contributed by atoms with Crippen LogP contribution in [0.15, 0.2) is 12.7 Å². The lowest BCUT2D eigenvalue weighted by Gasteiger charge is -2.20. The molecule has 31 heavy (non-hydrogen) atoms. The van der Waals surface area contributed by atoms with Gasteiger partial charge in [0.2, 0.25) is 0 Å². The summed E-state index contributed by atoms with van der Waals surface area (Å²) in [7, 11) is -17.1. The molecule has 6 unspecified atom stereocenters. The molecule has 3 heterocycles. The van der Waals surface area contributed by atoms with Gasteiger partial charge in [-0.1, -0.05) is 0 Å². The Balaban J connectivity index is 1.80. The number of rotatable bonds is 7. The van der Waals surface area contributed by atoms with Crippen molar-refractivity contribution in [2.24, 2.45) is 0 Å². The summed E-state index contributed by atoms with van der Waals surface area (Å²) in [5.74, 6) is 0. The molecule has 8 N–H and O–H groups in total. The summed E-state index contributed by atoms with van der Waals surface area (Å²) >= 11 is 0. The fraction of sp³-hybridized carbons (Fsp3) is 0.444. The van der Waals surface area contributed by atoms with E-state index in [4.69, 9.17) is 24.8 Å². The minimum atomic E-state index is -5.81. The molecule has 0 spiro atoms. The SMILES string of the molecule is N=c1c2ncn(C3OC(OP(=O)(O)OP(=O)(O)OP(=O)(O)O)C(O)C3O)c2ncn1O. The van der Waals surface area contributed by atoms with Crippen molar-refractivity contribution in [3.8, 4) is 0 Å². The highest BCUT2D eigenvalue weighted by molar-refractivity contribution is 7.66. The molecule has 1 aliphatic heterocycles. The fourth-order valence-electron chi connectivity index (χ4n) is 2.49. The first kappa shape index (κ1) is 24.1. The third-order valence-corrected chi connectivity index (χ3v) is 7.43. The molecule has 0 aliphatic carbocycles. The van der Waals surface area contributed by atoms with Crippen molar-refractivity contribution < 1.29 is 66.6 Å². The Bertz CT molecular complexity index is 1190. The molecule has 6 atom stereocenters. The number of fused-ring (bicyclic) bond motifs is 1. The molecule has 19 nitrogen and oxygen atoms in total. The van der Waals surface area contributed by atoms with E-state index in [0.29, 0.717) is 4.73 Å². The maximum absolute atomic E-state index is 11.9. The number of hydrogen-bond donors (Lipinski definition) is 8. The van der Waals surface area contributed by atoms with Gasteiger partial charge in [-0.05, 0) is 0 Å². The van der Waals surface area contributed by atoms with E-state index < -0.39 is 53.7 Å². The van der Waals surface area contributed by atoms with E-state index in [-0.39, 0.29) is 11.2 Å². The zero-order chi connectivity index (χ0) is 23.4. The second kappa shape index (κ2) is 8.09. The third kappa shape index (κ3) is 5.27. The first-order valence-electron chi connectivity index (χ1n) is 7.62. The monoisotopic (exact) mass is 509 g/mol. The highest BCUT2D eigenvalue weighted by atomic mass is 31.3. The molecule has 174 valence electrons. The summed E-state index contributed by atoms with van der Waals surface area (Å²) in [4.78, 5) is 43.3. The van der Waals surface area contributed by atoms with Crippen LogP contribution in [-0.4, -0.2) is 72.8 Å². The molecule has 1 fully saturated rings. The van der Waals surface area contributed by atoms with Crippen LogP contribution in [0.1, 0.15) is 6.23 Å². The topological polar surface area (TPSA) is 289 Å². The van der Waals surface area contributed by atoms with Crippen molar-refractivity contribution >= 4 is 34.6 Å². The number of imidazole rings is 1. The standard InChI is InChI=1S/C9H14N5O14P3/c10-6-3-7(12-2-14(6)17)13(1-11-3)8-4(15)5(16)9(25-8)26-30(21,22)28-31(23,24)27-29(18,19)20/h1-2,4-5,8-10,15-17H,(H,21,22)(H,23,24)(H2,18,19,20). The van der Waals surface area contributed by atoms with Crippen molar-refractivity contribution in [1.82, 2.24) is 19.3 Å². The van der Waals surface area contributed by atoms with E-state index in [0.717, 1.165) is 17.2 Å². The lowest BCUT2D eigenvalue weighted by Crippen LogP contribution is -2.32. The van der Waals surface area contributed by atoms with Crippen LogP contribution in [0.3, 0.4) is 0 Å². The van der Waals surface area contributed by atoms with Crippen LogP contribution in [0.4, 0.5) is 0 Å². The van der Waals surface area contributed by atoms with E-state index in [1.807, 2.05) is 0 Å². The summed E-state index contributed by atoms with van der Waals surface area (Å²) in [6.07, 6.45) is -5.81. The largest absolute Gasteiger partial charge is 0.490 e. The number of phosphoric acid groups is 3. The molecular weight excluding hydrogens is 495 g/mol. The molecule has 2 aromatic heterocycles. The number of nitrogens with zero attached hydrogens (tertiary/aromatic N) is 4. The van der Waals surface area contributed by atoms with Gasteiger partial charge in [0.1, 0.15) is 18.5 Å². The summed E-state index contributed by atoms with van der Waals surface area (Å²) in [5, 5.41) is 37.3. The second-order valence-corrected chi connectivity index (χ2v) is 10.2. The van der Waals surface area contributed by atoms with E-state index in [1.165, 1.54) is 0 Å². The lowest BCUT2D eigenvalue weighted by atomic mass is 10.2. The molecule has 0 aromatic carbocycles. The number of aliphatic hydroxyl groups excluding tert-OH is 2. The zero-order valence-corrected chi connectivity index (χ0v) is 17.3. The van der Waals surface area contributed by atoms with Crippen LogP contribution in [0, 0.1) is 5.41 Å². The van der Waals surface area contributed by atoms with Gasteiger partial charge in [-0.2, -0.15) is 13.4 Å². The quantitative estimate of drug-likeness (QED) is 0.146. The van der Waals surface area contributed by atoms with Crippen molar-refractivity contribution in [3.63, 3.8) is 0 Å². The summed E-state index contributed by atoms with van der Waals surface area (Å²) < 4.78 is 51.8. The smallest absolute Gasteiger partial charge is 0.425 e. The molecule has 2 aromatic rings. The number of hydrogen-bond acceptors (Lipinski definition) is 13.